The molecule has 3 heterocycles. The summed E-state index contributed by atoms with van der Waals surface area (Å²) in [5.74, 6) is 2.55. The molecule has 4 rings (SSSR count). The highest BCUT2D eigenvalue weighted by molar-refractivity contribution is 5.76. The third-order valence-electron chi connectivity index (χ3n) is 6.03. The number of methoxy groups -OCH3 is 2. The quantitative estimate of drug-likeness (QED) is 0.695. The molecule has 9 heteroatoms. The van der Waals surface area contributed by atoms with Crippen LogP contribution in [0.4, 0.5) is 0 Å². The molecular weight excluding hydrogens is 400 g/mol. The Bertz CT molecular complexity index is 953. The molecule has 168 valence electrons. The molecule has 0 bridgehead atoms. The average molecular weight is 431 g/mol. The smallest absolute Gasteiger partial charge is 0.346 e. The van der Waals surface area contributed by atoms with Crippen molar-refractivity contribution < 1.29 is 19.0 Å². The maximum Gasteiger partial charge on any atom is 0.346 e. The van der Waals surface area contributed by atoms with Gasteiger partial charge in [-0.25, -0.2) is 9.48 Å². The third-order valence-corrected chi connectivity index (χ3v) is 6.03. The minimum absolute atomic E-state index is 0.00924. The summed E-state index contributed by atoms with van der Waals surface area (Å²) in [6.45, 7) is 1.83. The molecule has 9 nitrogen and oxygen atoms in total. The van der Waals surface area contributed by atoms with Crippen LogP contribution in [0.15, 0.2) is 23.0 Å². The molecule has 0 aliphatic carbocycles. The van der Waals surface area contributed by atoms with Gasteiger partial charge in [-0.2, -0.15) is 5.10 Å². The number of likely N-dealkylation sites (tertiary alicyclic amines) is 1. The van der Waals surface area contributed by atoms with Crippen LogP contribution >= 0.6 is 0 Å². The van der Waals surface area contributed by atoms with Gasteiger partial charge < -0.3 is 19.1 Å². The zero-order chi connectivity index (χ0) is 21.8. The van der Waals surface area contributed by atoms with Gasteiger partial charge in [-0.15, -0.1) is 0 Å². The SMILES string of the molecule is COc1cccc(OC)c1OC1CCN(C(=O)Cn2nc3n(c2=O)CCCCC3)CC1. The fourth-order valence-corrected chi connectivity index (χ4v) is 4.28. The second-order valence-electron chi connectivity index (χ2n) is 8.01. The van der Waals surface area contributed by atoms with Crippen LogP contribution < -0.4 is 19.9 Å². The van der Waals surface area contributed by atoms with E-state index in [9.17, 15) is 9.59 Å². The van der Waals surface area contributed by atoms with Gasteiger partial charge in [-0.3, -0.25) is 9.36 Å². The van der Waals surface area contributed by atoms with Crippen LogP contribution in [0.1, 0.15) is 37.9 Å². The van der Waals surface area contributed by atoms with Crippen LogP contribution in [-0.4, -0.2) is 58.6 Å². The number of benzene rings is 1. The molecule has 1 saturated heterocycles. The van der Waals surface area contributed by atoms with E-state index in [2.05, 4.69) is 5.10 Å². The number of aromatic nitrogens is 3. The van der Waals surface area contributed by atoms with Crippen molar-refractivity contribution in [3.63, 3.8) is 0 Å². The van der Waals surface area contributed by atoms with Gasteiger partial charge in [0.1, 0.15) is 18.5 Å². The Labute approximate surface area is 181 Å². The van der Waals surface area contributed by atoms with Gasteiger partial charge in [0, 0.05) is 38.9 Å². The molecule has 0 unspecified atom stereocenters. The Hall–Kier alpha value is -2.97. The van der Waals surface area contributed by atoms with Gasteiger partial charge in [-0.05, 0) is 25.0 Å². The number of nitrogens with zero attached hydrogens (tertiary/aromatic N) is 4. The zero-order valence-electron chi connectivity index (χ0n) is 18.2. The van der Waals surface area contributed by atoms with Gasteiger partial charge in [0.05, 0.1) is 14.2 Å². The Kier molecular flexibility index (Phi) is 6.48. The summed E-state index contributed by atoms with van der Waals surface area (Å²) in [7, 11) is 3.20. The first-order valence-electron chi connectivity index (χ1n) is 10.9. The number of carbonyl (C=O) groups excluding carboxylic acids is 1. The van der Waals surface area contributed by atoms with Gasteiger partial charge in [-0.1, -0.05) is 12.5 Å². The molecule has 1 amide bonds. The molecule has 0 radical (unpaired) electrons. The number of carbonyl (C=O) groups is 1. The summed E-state index contributed by atoms with van der Waals surface area (Å²) in [5.41, 5.74) is -0.174. The largest absolute Gasteiger partial charge is 0.493 e. The van der Waals surface area contributed by atoms with Crippen LogP contribution in [-0.2, 0) is 24.3 Å². The molecule has 0 spiro atoms. The standard InChI is InChI=1S/C22H30N4O5/c1-29-17-7-6-8-18(30-2)21(17)31-16-10-13-24(14-11-16)20(27)15-26-22(28)25-12-5-3-4-9-19(25)23-26/h6-8,16H,3-5,9-15H2,1-2H3. The van der Waals surface area contributed by atoms with E-state index in [4.69, 9.17) is 14.2 Å². The second-order valence-corrected chi connectivity index (χ2v) is 8.01. The Morgan fingerprint density at radius 2 is 1.77 bits per heavy atom. The lowest BCUT2D eigenvalue weighted by Gasteiger charge is -2.32. The van der Waals surface area contributed by atoms with Crippen LogP contribution in [0.3, 0.4) is 0 Å². The first kappa shape index (κ1) is 21.3. The molecule has 0 saturated carbocycles. The fourth-order valence-electron chi connectivity index (χ4n) is 4.28. The van der Waals surface area contributed by atoms with Crippen molar-refractivity contribution in [3.05, 3.63) is 34.5 Å². The van der Waals surface area contributed by atoms with E-state index in [0.717, 1.165) is 31.5 Å². The molecule has 1 aromatic carbocycles. The molecule has 2 aliphatic heterocycles. The lowest BCUT2D eigenvalue weighted by atomic mass is 10.1. The molecule has 1 aromatic heterocycles. The van der Waals surface area contributed by atoms with E-state index in [0.29, 0.717) is 49.7 Å². The zero-order valence-corrected chi connectivity index (χ0v) is 18.2. The maximum absolute atomic E-state index is 12.8. The topological polar surface area (TPSA) is 87.8 Å². The summed E-state index contributed by atoms with van der Waals surface area (Å²) in [5, 5.41) is 4.42. The van der Waals surface area contributed by atoms with Crippen molar-refractivity contribution in [1.29, 1.82) is 0 Å². The van der Waals surface area contributed by atoms with Gasteiger partial charge in [0.15, 0.2) is 11.5 Å². The third kappa shape index (κ3) is 4.55. The number of hydrogen-bond donors (Lipinski definition) is 0. The van der Waals surface area contributed by atoms with Gasteiger partial charge in [0.2, 0.25) is 11.7 Å². The Morgan fingerprint density at radius 1 is 1.06 bits per heavy atom. The minimum Gasteiger partial charge on any atom is -0.493 e. The maximum atomic E-state index is 12.8. The number of piperidine rings is 1. The lowest BCUT2D eigenvalue weighted by molar-refractivity contribution is -0.133. The monoisotopic (exact) mass is 430 g/mol. The number of fused-ring (bicyclic) bond motifs is 1. The fraction of sp³-hybridized carbons (Fsp3) is 0.591. The summed E-state index contributed by atoms with van der Waals surface area (Å²) in [4.78, 5) is 27.2. The predicted octanol–water partition coefficient (Wildman–Crippen LogP) is 1.86. The summed E-state index contributed by atoms with van der Waals surface area (Å²) >= 11 is 0. The molecule has 2 aromatic rings. The lowest BCUT2D eigenvalue weighted by Crippen LogP contribution is -2.44. The molecule has 31 heavy (non-hydrogen) atoms. The number of hydrogen-bond acceptors (Lipinski definition) is 6. The highest BCUT2D eigenvalue weighted by Crippen LogP contribution is 2.38. The van der Waals surface area contributed by atoms with Crippen LogP contribution in [0.25, 0.3) is 0 Å². The Morgan fingerprint density at radius 3 is 2.45 bits per heavy atom. The average Bonchev–Trinajstić information content (AvgIpc) is 2.95. The first-order chi connectivity index (χ1) is 15.1. The van der Waals surface area contributed by atoms with Crippen molar-refractivity contribution in [1.82, 2.24) is 19.2 Å². The van der Waals surface area contributed by atoms with Gasteiger partial charge >= 0.3 is 5.69 Å². The van der Waals surface area contributed by atoms with Crippen LogP contribution in [0.2, 0.25) is 0 Å². The van der Waals surface area contributed by atoms with Crippen LogP contribution in [0, 0.1) is 0 Å². The van der Waals surface area contributed by atoms with E-state index >= 15 is 0 Å². The van der Waals surface area contributed by atoms with Crippen molar-refractivity contribution in [2.24, 2.45) is 0 Å². The number of para-hydroxylation sites is 1. The van der Waals surface area contributed by atoms with E-state index in [1.54, 1.807) is 23.7 Å². The second kappa shape index (κ2) is 9.45. The number of ether oxygens (including phenoxy) is 3. The van der Waals surface area contributed by atoms with Gasteiger partial charge in [0.25, 0.3) is 0 Å². The summed E-state index contributed by atoms with van der Waals surface area (Å²) in [6.07, 6.45) is 5.28. The van der Waals surface area contributed by atoms with E-state index in [-0.39, 0.29) is 24.2 Å². The van der Waals surface area contributed by atoms with E-state index in [1.165, 1.54) is 4.68 Å². The highest BCUT2D eigenvalue weighted by Gasteiger charge is 2.27. The number of amides is 1. The van der Waals surface area contributed by atoms with Crippen molar-refractivity contribution in [2.75, 3.05) is 27.3 Å². The van der Waals surface area contributed by atoms with Crippen LogP contribution in [0.5, 0.6) is 17.2 Å². The molecule has 0 atom stereocenters. The predicted molar refractivity (Wildman–Crippen MR) is 114 cm³/mol. The van der Waals surface area contributed by atoms with Crippen molar-refractivity contribution in [2.45, 2.75) is 57.7 Å². The number of aryl methyl sites for hydroxylation is 1. The molecule has 0 N–H and O–H groups in total. The Balaban J connectivity index is 1.35. The summed E-state index contributed by atoms with van der Waals surface area (Å²) < 4.78 is 20.0. The van der Waals surface area contributed by atoms with Crippen molar-refractivity contribution >= 4 is 5.91 Å². The molecule has 2 aliphatic rings. The summed E-state index contributed by atoms with van der Waals surface area (Å²) in [6, 6.07) is 5.52. The number of rotatable bonds is 6. The van der Waals surface area contributed by atoms with E-state index < -0.39 is 0 Å². The van der Waals surface area contributed by atoms with Crippen molar-refractivity contribution in [3.8, 4) is 17.2 Å². The first-order valence-corrected chi connectivity index (χ1v) is 10.9. The normalized spacial score (nSPS) is 17.0. The minimum atomic E-state index is -0.174. The molecule has 1 fully saturated rings. The van der Waals surface area contributed by atoms with E-state index in [1.807, 2.05) is 18.2 Å². The molecular formula is C22H30N4O5. The highest BCUT2D eigenvalue weighted by atomic mass is 16.5.